The van der Waals surface area contributed by atoms with Gasteiger partial charge in [-0.2, -0.15) is 9.47 Å². The van der Waals surface area contributed by atoms with Crippen molar-refractivity contribution in [3.8, 4) is 5.69 Å². The Morgan fingerprint density at radius 1 is 1.17 bits per heavy atom. The van der Waals surface area contributed by atoms with Gasteiger partial charge in [0.1, 0.15) is 5.82 Å². The summed E-state index contributed by atoms with van der Waals surface area (Å²) in [6, 6.07) is 10.3. The minimum Gasteiger partial charge on any atom is -0.352 e. The first-order chi connectivity index (χ1) is 14.3. The van der Waals surface area contributed by atoms with Gasteiger partial charge in [-0.3, -0.25) is 4.99 Å². The van der Waals surface area contributed by atoms with E-state index in [0.717, 1.165) is 61.7 Å². The first-order valence-corrected chi connectivity index (χ1v) is 10.7. The fourth-order valence-corrected chi connectivity index (χ4v) is 4.13. The minimum atomic E-state index is 0.739. The van der Waals surface area contributed by atoms with E-state index in [-0.39, 0.29) is 0 Å². The molecular formula is C20H26N8S. The highest BCUT2D eigenvalue weighted by atomic mass is 32.1. The highest BCUT2D eigenvalue weighted by Gasteiger charge is 2.21. The molecule has 0 aliphatic carbocycles. The third-order valence-electron chi connectivity index (χ3n) is 4.99. The van der Waals surface area contributed by atoms with Gasteiger partial charge < -0.3 is 15.1 Å². The summed E-state index contributed by atoms with van der Waals surface area (Å²) >= 11 is 1.50. The lowest BCUT2D eigenvalue weighted by molar-refractivity contribution is 0.372. The smallest absolute Gasteiger partial charge is 0.205 e. The number of nitrogens with one attached hydrogen (secondary N) is 1. The number of guanidine groups is 1. The Kier molecular flexibility index (Phi) is 6.04. The first-order valence-electron chi connectivity index (χ1n) is 9.89. The monoisotopic (exact) mass is 410 g/mol. The molecule has 0 radical (unpaired) electrons. The van der Waals surface area contributed by atoms with Crippen LogP contribution in [0.25, 0.3) is 5.69 Å². The molecule has 3 aromatic rings. The number of aryl methyl sites for hydroxylation is 1. The second-order valence-corrected chi connectivity index (χ2v) is 7.57. The van der Waals surface area contributed by atoms with Crippen molar-refractivity contribution in [1.29, 1.82) is 0 Å². The Hall–Kier alpha value is -2.94. The lowest BCUT2D eigenvalue weighted by Crippen LogP contribution is -2.52. The minimum absolute atomic E-state index is 0.739. The van der Waals surface area contributed by atoms with E-state index in [4.69, 9.17) is 0 Å². The number of nitrogens with zero attached hydrogens (tertiary/aromatic N) is 7. The van der Waals surface area contributed by atoms with Crippen molar-refractivity contribution in [3.05, 3.63) is 54.1 Å². The Balaban J connectivity index is 1.29. The van der Waals surface area contributed by atoms with Crippen molar-refractivity contribution in [2.24, 2.45) is 4.99 Å². The summed E-state index contributed by atoms with van der Waals surface area (Å²) in [5, 5.41) is 8.78. The maximum Gasteiger partial charge on any atom is 0.205 e. The van der Waals surface area contributed by atoms with E-state index >= 15 is 0 Å². The molecule has 152 valence electrons. The van der Waals surface area contributed by atoms with Crippen LogP contribution in [0.1, 0.15) is 18.3 Å². The Bertz CT molecular complexity index is 924. The molecular weight excluding hydrogens is 384 g/mol. The van der Waals surface area contributed by atoms with Gasteiger partial charge in [0, 0.05) is 70.1 Å². The highest BCUT2D eigenvalue weighted by Crippen LogP contribution is 2.19. The summed E-state index contributed by atoms with van der Waals surface area (Å²) < 4.78 is 6.26. The molecule has 4 rings (SSSR count). The van der Waals surface area contributed by atoms with Gasteiger partial charge in [-0.15, -0.1) is 0 Å². The van der Waals surface area contributed by atoms with Crippen molar-refractivity contribution in [2.75, 3.05) is 38.1 Å². The van der Waals surface area contributed by atoms with E-state index in [0.29, 0.717) is 0 Å². The van der Waals surface area contributed by atoms with Gasteiger partial charge in [0.2, 0.25) is 5.13 Å². The second kappa shape index (κ2) is 9.04. The second-order valence-electron chi connectivity index (χ2n) is 6.84. The molecule has 29 heavy (non-hydrogen) atoms. The molecule has 1 aliphatic rings. The number of rotatable bonds is 5. The number of anilines is 1. The number of benzene rings is 1. The zero-order valence-corrected chi connectivity index (χ0v) is 17.6. The lowest BCUT2D eigenvalue weighted by atomic mass is 10.2. The van der Waals surface area contributed by atoms with E-state index < -0.39 is 0 Å². The van der Waals surface area contributed by atoms with Gasteiger partial charge >= 0.3 is 0 Å². The molecule has 9 heteroatoms. The third kappa shape index (κ3) is 4.56. The summed E-state index contributed by atoms with van der Waals surface area (Å²) in [5.41, 5.74) is 2.27. The average molecular weight is 411 g/mol. The predicted octanol–water partition coefficient (Wildman–Crippen LogP) is 2.18. The van der Waals surface area contributed by atoms with Crippen LogP contribution in [0.2, 0.25) is 0 Å². The third-order valence-corrected chi connectivity index (χ3v) is 5.81. The van der Waals surface area contributed by atoms with E-state index in [2.05, 4.69) is 65.8 Å². The number of aromatic nitrogens is 4. The van der Waals surface area contributed by atoms with Crippen LogP contribution in [0.4, 0.5) is 5.13 Å². The molecule has 3 heterocycles. The summed E-state index contributed by atoms with van der Waals surface area (Å²) in [5.74, 6) is 1.87. The quantitative estimate of drug-likeness (QED) is 0.513. The van der Waals surface area contributed by atoms with Crippen molar-refractivity contribution in [1.82, 2.24) is 29.4 Å². The number of hydrogen-bond acceptors (Lipinski definition) is 6. The summed E-state index contributed by atoms with van der Waals surface area (Å²) in [6.07, 6.45) is 4.61. The summed E-state index contributed by atoms with van der Waals surface area (Å²) in [7, 11) is 1.84. The Labute approximate surface area is 175 Å². The molecule has 1 aromatic carbocycles. The van der Waals surface area contributed by atoms with Crippen molar-refractivity contribution >= 4 is 22.6 Å². The zero-order valence-electron chi connectivity index (χ0n) is 16.8. The molecule has 0 unspecified atom stereocenters. The first kappa shape index (κ1) is 19.4. The molecule has 2 aromatic heterocycles. The molecule has 1 fully saturated rings. The van der Waals surface area contributed by atoms with E-state index in [1.807, 2.05) is 24.0 Å². The van der Waals surface area contributed by atoms with Crippen LogP contribution < -0.4 is 10.2 Å². The van der Waals surface area contributed by atoms with Crippen LogP contribution in [-0.4, -0.2) is 63.2 Å². The maximum atomic E-state index is 4.61. The largest absolute Gasteiger partial charge is 0.352 e. The SMILES string of the molecule is CCc1nsc(N2CCN(C(=NC)NCc3ccc(-n4cccn4)cc3)CC2)n1. The van der Waals surface area contributed by atoms with Crippen LogP contribution in [-0.2, 0) is 13.0 Å². The van der Waals surface area contributed by atoms with Crippen molar-refractivity contribution in [2.45, 2.75) is 19.9 Å². The highest BCUT2D eigenvalue weighted by molar-refractivity contribution is 7.09. The molecule has 0 bridgehead atoms. The van der Waals surface area contributed by atoms with Crippen molar-refractivity contribution in [3.63, 3.8) is 0 Å². The molecule has 0 amide bonds. The fraction of sp³-hybridized carbons (Fsp3) is 0.400. The number of piperazine rings is 1. The summed E-state index contributed by atoms with van der Waals surface area (Å²) in [6.45, 7) is 6.51. The molecule has 0 spiro atoms. The van der Waals surface area contributed by atoms with Crippen LogP contribution in [0.3, 0.4) is 0 Å². The van der Waals surface area contributed by atoms with Crippen LogP contribution in [0.5, 0.6) is 0 Å². The molecule has 1 aliphatic heterocycles. The fourth-order valence-electron chi connectivity index (χ4n) is 3.33. The van der Waals surface area contributed by atoms with Gasteiger partial charge in [0.05, 0.1) is 5.69 Å². The van der Waals surface area contributed by atoms with Gasteiger partial charge in [-0.1, -0.05) is 19.1 Å². The lowest BCUT2D eigenvalue weighted by Gasteiger charge is -2.36. The Morgan fingerprint density at radius 3 is 2.59 bits per heavy atom. The summed E-state index contributed by atoms with van der Waals surface area (Å²) in [4.78, 5) is 13.7. The standard InChI is InChI=1S/C20H26N8S/c1-3-18-24-20(29-25-18)27-13-11-26(12-14-27)19(21-2)22-15-16-5-7-17(8-6-16)28-10-4-9-23-28/h4-10H,3,11-15H2,1-2H3,(H,21,22). The van der Waals surface area contributed by atoms with Gasteiger partial charge in [-0.25, -0.2) is 9.67 Å². The van der Waals surface area contributed by atoms with Crippen LogP contribution >= 0.6 is 11.5 Å². The van der Waals surface area contributed by atoms with Gasteiger partial charge in [0.15, 0.2) is 5.96 Å². The molecule has 0 saturated carbocycles. The van der Waals surface area contributed by atoms with Crippen LogP contribution in [0.15, 0.2) is 47.7 Å². The van der Waals surface area contributed by atoms with Gasteiger partial charge in [-0.05, 0) is 23.8 Å². The predicted molar refractivity (Wildman–Crippen MR) is 117 cm³/mol. The maximum absolute atomic E-state index is 4.61. The van der Waals surface area contributed by atoms with E-state index in [1.165, 1.54) is 17.1 Å². The molecule has 0 atom stereocenters. The van der Waals surface area contributed by atoms with E-state index in [9.17, 15) is 0 Å². The van der Waals surface area contributed by atoms with Crippen molar-refractivity contribution < 1.29 is 0 Å². The average Bonchev–Trinajstić information content (AvgIpc) is 3.47. The topological polar surface area (TPSA) is 74.5 Å². The zero-order chi connectivity index (χ0) is 20.1. The number of hydrogen-bond donors (Lipinski definition) is 1. The Morgan fingerprint density at radius 2 is 1.97 bits per heavy atom. The molecule has 8 nitrogen and oxygen atoms in total. The van der Waals surface area contributed by atoms with Gasteiger partial charge in [0.25, 0.3) is 0 Å². The molecule has 1 saturated heterocycles. The van der Waals surface area contributed by atoms with Crippen LogP contribution in [0, 0.1) is 0 Å². The number of aliphatic imine (C=N–C) groups is 1. The normalized spacial score (nSPS) is 15.0. The molecule has 1 N–H and O–H groups in total. The van der Waals surface area contributed by atoms with E-state index in [1.54, 1.807) is 6.20 Å².